The Bertz CT molecular complexity index is 474. The Morgan fingerprint density at radius 3 is 2.65 bits per heavy atom. The number of carbonyl (C=O) groups excluding carboxylic acids is 1. The summed E-state index contributed by atoms with van der Waals surface area (Å²) in [6.45, 7) is 3.12. The van der Waals surface area contributed by atoms with E-state index in [9.17, 15) is 9.59 Å². The lowest BCUT2D eigenvalue weighted by Crippen LogP contribution is -2.46. The van der Waals surface area contributed by atoms with Crippen molar-refractivity contribution >= 4 is 11.9 Å². The first-order chi connectivity index (χ1) is 9.43. The summed E-state index contributed by atoms with van der Waals surface area (Å²) in [7, 11) is 0. The van der Waals surface area contributed by atoms with Crippen molar-refractivity contribution in [1.82, 2.24) is 5.32 Å². The second kappa shape index (κ2) is 7.49. The number of amides is 1. The maximum absolute atomic E-state index is 11.8. The summed E-state index contributed by atoms with van der Waals surface area (Å²) in [4.78, 5) is 22.7. The molecule has 6 nitrogen and oxygen atoms in total. The Balaban J connectivity index is 2.60. The Hall–Kier alpha value is -2.08. The molecule has 1 unspecified atom stereocenters. The fourth-order valence-electron chi connectivity index (χ4n) is 1.62. The molecule has 0 fully saturated rings. The molecular formula is C14H19NO5. The summed E-state index contributed by atoms with van der Waals surface area (Å²) < 4.78 is 5.45. The summed E-state index contributed by atoms with van der Waals surface area (Å²) in [5, 5.41) is 20.0. The van der Waals surface area contributed by atoms with Crippen LogP contribution < -0.4 is 10.1 Å². The molecule has 0 bridgehead atoms. The molecule has 1 rings (SSSR count). The number of carboxylic acids is 1. The maximum atomic E-state index is 11.8. The van der Waals surface area contributed by atoms with E-state index in [-0.39, 0.29) is 13.0 Å². The van der Waals surface area contributed by atoms with Crippen LogP contribution in [0.3, 0.4) is 0 Å². The molecular weight excluding hydrogens is 262 g/mol. The van der Waals surface area contributed by atoms with Gasteiger partial charge in [-0.25, -0.2) is 4.79 Å². The van der Waals surface area contributed by atoms with Crippen LogP contribution in [-0.4, -0.2) is 40.8 Å². The highest BCUT2D eigenvalue weighted by molar-refractivity contribution is 5.86. The number of aliphatic carboxylic acids is 1. The molecule has 0 aromatic heterocycles. The van der Waals surface area contributed by atoms with Gasteiger partial charge in [-0.1, -0.05) is 12.1 Å². The third kappa shape index (κ3) is 4.89. The lowest BCUT2D eigenvalue weighted by Gasteiger charge is -2.18. The number of aliphatic hydroxyl groups excluding tert-OH is 1. The van der Waals surface area contributed by atoms with Gasteiger partial charge in [-0.2, -0.15) is 0 Å². The molecule has 0 aliphatic rings. The van der Waals surface area contributed by atoms with E-state index in [1.165, 1.54) is 6.92 Å². The number of hydrogen-bond acceptors (Lipinski definition) is 4. The second-order valence-corrected chi connectivity index (χ2v) is 4.49. The van der Waals surface area contributed by atoms with Gasteiger partial charge in [-0.05, 0) is 31.5 Å². The van der Waals surface area contributed by atoms with Crippen LogP contribution in [0.4, 0.5) is 0 Å². The van der Waals surface area contributed by atoms with Gasteiger partial charge in [-0.3, -0.25) is 4.79 Å². The van der Waals surface area contributed by atoms with Gasteiger partial charge < -0.3 is 20.3 Å². The number of benzene rings is 1. The number of nitrogens with one attached hydrogen (secondary N) is 1. The van der Waals surface area contributed by atoms with Crippen molar-refractivity contribution in [3.63, 3.8) is 0 Å². The van der Waals surface area contributed by atoms with Gasteiger partial charge in [0.15, 0.2) is 6.10 Å². The van der Waals surface area contributed by atoms with Crippen LogP contribution in [0.5, 0.6) is 5.75 Å². The summed E-state index contributed by atoms with van der Waals surface area (Å²) in [5.41, 5.74) is 0.999. The first-order valence-electron chi connectivity index (χ1n) is 6.31. The minimum absolute atomic E-state index is 0.0434. The zero-order chi connectivity index (χ0) is 15.1. The van der Waals surface area contributed by atoms with Crippen molar-refractivity contribution < 1.29 is 24.5 Å². The van der Waals surface area contributed by atoms with Crippen molar-refractivity contribution in [3.05, 3.63) is 29.8 Å². The summed E-state index contributed by atoms with van der Waals surface area (Å²) >= 11 is 0. The zero-order valence-corrected chi connectivity index (χ0v) is 11.5. The number of carboxylic acid groups (broad SMARTS) is 1. The van der Waals surface area contributed by atoms with Crippen molar-refractivity contribution in [1.29, 1.82) is 0 Å². The fraction of sp³-hybridized carbons (Fsp3) is 0.429. The van der Waals surface area contributed by atoms with Crippen LogP contribution in [0.1, 0.15) is 18.9 Å². The smallest absolute Gasteiger partial charge is 0.326 e. The SMILES string of the molecule is Cc1cccc(OC(C)C(=O)N[C@H](CCO)C(=O)O)c1. The van der Waals surface area contributed by atoms with Crippen molar-refractivity contribution in [2.75, 3.05) is 6.61 Å². The predicted molar refractivity (Wildman–Crippen MR) is 72.5 cm³/mol. The molecule has 6 heteroatoms. The molecule has 2 atom stereocenters. The average Bonchev–Trinajstić information content (AvgIpc) is 2.37. The van der Waals surface area contributed by atoms with E-state index in [4.69, 9.17) is 14.9 Å². The molecule has 0 heterocycles. The number of aliphatic hydroxyl groups is 1. The van der Waals surface area contributed by atoms with E-state index in [2.05, 4.69) is 5.32 Å². The Labute approximate surface area is 117 Å². The van der Waals surface area contributed by atoms with Crippen molar-refractivity contribution in [3.8, 4) is 5.75 Å². The van der Waals surface area contributed by atoms with Crippen LogP contribution in [0.25, 0.3) is 0 Å². The highest BCUT2D eigenvalue weighted by Gasteiger charge is 2.23. The zero-order valence-electron chi connectivity index (χ0n) is 11.5. The predicted octanol–water partition coefficient (Wildman–Crippen LogP) is 0.714. The number of hydrogen-bond donors (Lipinski definition) is 3. The molecule has 20 heavy (non-hydrogen) atoms. The van der Waals surface area contributed by atoms with E-state index in [1.54, 1.807) is 18.2 Å². The van der Waals surface area contributed by atoms with E-state index in [1.807, 2.05) is 13.0 Å². The van der Waals surface area contributed by atoms with Gasteiger partial charge in [-0.15, -0.1) is 0 Å². The molecule has 0 aliphatic carbocycles. The molecule has 0 saturated carbocycles. The molecule has 1 aromatic rings. The molecule has 0 saturated heterocycles. The van der Waals surface area contributed by atoms with Gasteiger partial charge in [0.2, 0.25) is 0 Å². The van der Waals surface area contributed by atoms with Crippen LogP contribution in [0.15, 0.2) is 24.3 Å². The first-order valence-corrected chi connectivity index (χ1v) is 6.31. The van der Waals surface area contributed by atoms with E-state index < -0.39 is 24.0 Å². The molecule has 3 N–H and O–H groups in total. The maximum Gasteiger partial charge on any atom is 0.326 e. The highest BCUT2D eigenvalue weighted by atomic mass is 16.5. The lowest BCUT2D eigenvalue weighted by atomic mass is 10.2. The molecule has 0 radical (unpaired) electrons. The van der Waals surface area contributed by atoms with Crippen molar-refractivity contribution in [2.45, 2.75) is 32.4 Å². The third-order valence-corrected chi connectivity index (χ3v) is 2.70. The van der Waals surface area contributed by atoms with E-state index >= 15 is 0 Å². The normalized spacial score (nSPS) is 13.3. The minimum atomic E-state index is -1.19. The lowest BCUT2D eigenvalue weighted by molar-refractivity contribution is -0.143. The molecule has 110 valence electrons. The number of rotatable bonds is 7. The number of carbonyl (C=O) groups is 2. The number of ether oxygens (including phenoxy) is 1. The Morgan fingerprint density at radius 2 is 2.10 bits per heavy atom. The second-order valence-electron chi connectivity index (χ2n) is 4.49. The largest absolute Gasteiger partial charge is 0.481 e. The Kier molecular flexibility index (Phi) is 5.99. The molecule has 1 amide bonds. The average molecular weight is 281 g/mol. The molecule has 0 aliphatic heterocycles. The first kappa shape index (κ1) is 16.0. The van der Waals surface area contributed by atoms with E-state index in [0.29, 0.717) is 5.75 Å². The van der Waals surface area contributed by atoms with Gasteiger partial charge in [0, 0.05) is 13.0 Å². The van der Waals surface area contributed by atoms with Crippen LogP contribution in [-0.2, 0) is 9.59 Å². The summed E-state index contributed by atoms with van der Waals surface area (Å²) in [6.07, 6.45) is -0.865. The fourth-order valence-corrected chi connectivity index (χ4v) is 1.62. The summed E-state index contributed by atoms with van der Waals surface area (Å²) in [6, 6.07) is 6.10. The topological polar surface area (TPSA) is 95.9 Å². The van der Waals surface area contributed by atoms with Crippen LogP contribution in [0.2, 0.25) is 0 Å². The molecule has 0 spiro atoms. The quantitative estimate of drug-likeness (QED) is 0.684. The van der Waals surface area contributed by atoms with Gasteiger partial charge in [0.05, 0.1) is 0 Å². The minimum Gasteiger partial charge on any atom is -0.481 e. The Morgan fingerprint density at radius 1 is 1.40 bits per heavy atom. The van der Waals surface area contributed by atoms with Gasteiger partial charge in [0.1, 0.15) is 11.8 Å². The number of aryl methyl sites for hydroxylation is 1. The highest BCUT2D eigenvalue weighted by Crippen LogP contribution is 2.14. The van der Waals surface area contributed by atoms with Crippen molar-refractivity contribution in [2.24, 2.45) is 0 Å². The summed E-state index contributed by atoms with van der Waals surface area (Å²) in [5.74, 6) is -1.18. The monoisotopic (exact) mass is 281 g/mol. The van der Waals surface area contributed by atoms with Crippen LogP contribution in [0, 0.1) is 6.92 Å². The van der Waals surface area contributed by atoms with Gasteiger partial charge >= 0.3 is 5.97 Å². The third-order valence-electron chi connectivity index (χ3n) is 2.70. The van der Waals surface area contributed by atoms with E-state index in [0.717, 1.165) is 5.56 Å². The standard InChI is InChI=1S/C14H19NO5/c1-9-4-3-5-11(8-9)20-10(2)13(17)15-12(6-7-16)14(18)19/h3-5,8,10,12,16H,6-7H2,1-2H3,(H,15,17)(H,18,19)/t10?,12-/m1/s1. The molecule has 1 aromatic carbocycles. The van der Waals surface area contributed by atoms with Gasteiger partial charge in [0.25, 0.3) is 5.91 Å². The van der Waals surface area contributed by atoms with Crippen LogP contribution >= 0.6 is 0 Å².